The SMILES string of the molecule is CCc1c(N(C)C[C@@H](NC)C(C)C)c(=O)c1=O. The van der Waals surface area contributed by atoms with E-state index in [-0.39, 0.29) is 10.9 Å². The van der Waals surface area contributed by atoms with Crippen LogP contribution in [0.2, 0.25) is 0 Å². The van der Waals surface area contributed by atoms with Crippen molar-refractivity contribution in [1.29, 1.82) is 0 Å². The van der Waals surface area contributed by atoms with Gasteiger partial charge in [0.05, 0.1) is 5.69 Å². The largest absolute Gasteiger partial charge is 0.369 e. The predicted molar refractivity (Wildman–Crippen MR) is 71.7 cm³/mol. The van der Waals surface area contributed by atoms with Crippen molar-refractivity contribution in [3.05, 3.63) is 26.0 Å². The highest BCUT2D eigenvalue weighted by Crippen LogP contribution is 2.15. The fraction of sp³-hybridized carbons (Fsp3) is 0.692. The first kappa shape index (κ1) is 13.9. The van der Waals surface area contributed by atoms with Crippen LogP contribution in [0.4, 0.5) is 5.69 Å². The second kappa shape index (κ2) is 5.45. The summed E-state index contributed by atoms with van der Waals surface area (Å²) in [6.07, 6.45) is 0.635. The number of anilines is 1. The fourth-order valence-electron chi connectivity index (χ4n) is 2.18. The van der Waals surface area contributed by atoms with E-state index in [1.807, 2.05) is 25.9 Å². The highest BCUT2D eigenvalue weighted by atomic mass is 16.2. The molecule has 0 bridgehead atoms. The van der Waals surface area contributed by atoms with E-state index >= 15 is 0 Å². The van der Waals surface area contributed by atoms with Gasteiger partial charge in [-0.1, -0.05) is 20.8 Å². The van der Waals surface area contributed by atoms with E-state index < -0.39 is 0 Å². The summed E-state index contributed by atoms with van der Waals surface area (Å²) in [5.41, 5.74) is 0.650. The number of likely N-dealkylation sites (N-methyl/N-ethyl adjacent to an activating group) is 2. The molecule has 17 heavy (non-hydrogen) atoms. The molecule has 0 radical (unpaired) electrons. The zero-order valence-corrected chi connectivity index (χ0v) is 11.3. The van der Waals surface area contributed by atoms with Gasteiger partial charge in [-0.15, -0.1) is 0 Å². The van der Waals surface area contributed by atoms with Crippen molar-refractivity contribution in [2.45, 2.75) is 33.2 Å². The van der Waals surface area contributed by atoms with Gasteiger partial charge in [-0.2, -0.15) is 0 Å². The minimum atomic E-state index is -0.331. The van der Waals surface area contributed by atoms with E-state index in [0.29, 0.717) is 29.6 Å². The van der Waals surface area contributed by atoms with Gasteiger partial charge in [0.2, 0.25) is 10.9 Å². The molecule has 1 aromatic carbocycles. The fourth-order valence-corrected chi connectivity index (χ4v) is 2.18. The van der Waals surface area contributed by atoms with Crippen LogP contribution in [0, 0.1) is 5.92 Å². The van der Waals surface area contributed by atoms with Crippen molar-refractivity contribution in [3.63, 3.8) is 0 Å². The summed E-state index contributed by atoms with van der Waals surface area (Å²) in [6.45, 7) is 6.92. The van der Waals surface area contributed by atoms with Crippen LogP contribution in [0.15, 0.2) is 9.59 Å². The Morgan fingerprint density at radius 1 is 1.24 bits per heavy atom. The van der Waals surface area contributed by atoms with Crippen LogP contribution in [0.3, 0.4) is 0 Å². The summed E-state index contributed by atoms with van der Waals surface area (Å²) < 4.78 is 0. The molecule has 4 heteroatoms. The highest BCUT2D eigenvalue weighted by molar-refractivity contribution is 5.58. The zero-order valence-electron chi connectivity index (χ0n) is 11.3. The molecule has 0 amide bonds. The van der Waals surface area contributed by atoms with Gasteiger partial charge in [-0.05, 0) is 19.4 Å². The average Bonchev–Trinajstić information content (AvgIpc) is 2.30. The summed E-state index contributed by atoms with van der Waals surface area (Å²) >= 11 is 0. The molecule has 0 saturated heterocycles. The van der Waals surface area contributed by atoms with Crippen LogP contribution < -0.4 is 21.1 Å². The third-order valence-electron chi connectivity index (χ3n) is 3.36. The van der Waals surface area contributed by atoms with Crippen LogP contribution in [0.25, 0.3) is 0 Å². The molecule has 0 aliphatic heterocycles. The lowest BCUT2D eigenvalue weighted by atomic mass is 10.0. The van der Waals surface area contributed by atoms with Crippen LogP contribution in [-0.2, 0) is 6.42 Å². The van der Waals surface area contributed by atoms with Crippen molar-refractivity contribution < 1.29 is 0 Å². The molecule has 1 atom stereocenters. The number of nitrogens with one attached hydrogen (secondary N) is 1. The van der Waals surface area contributed by atoms with Gasteiger partial charge in [0.25, 0.3) is 0 Å². The van der Waals surface area contributed by atoms with Crippen LogP contribution in [-0.4, -0.2) is 26.7 Å². The second-order valence-corrected chi connectivity index (χ2v) is 4.86. The smallest absolute Gasteiger partial charge is 0.249 e. The number of nitrogens with zero attached hydrogens (tertiary/aromatic N) is 1. The third-order valence-corrected chi connectivity index (χ3v) is 3.36. The van der Waals surface area contributed by atoms with Crippen LogP contribution >= 0.6 is 0 Å². The summed E-state index contributed by atoms with van der Waals surface area (Å²) in [4.78, 5) is 24.8. The molecule has 1 N–H and O–H groups in total. The number of hydrogen-bond acceptors (Lipinski definition) is 4. The van der Waals surface area contributed by atoms with Gasteiger partial charge in [-0.25, -0.2) is 0 Å². The van der Waals surface area contributed by atoms with Crippen molar-refractivity contribution in [2.75, 3.05) is 25.5 Å². The Balaban J connectivity index is 2.83. The Hall–Kier alpha value is -1.16. The molecule has 0 unspecified atom stereocenters. The summed E-state index contributed by atoms with van der Waals surface area (Å²) in [5, 5.41) is 3.23. The van der Waals surface area contributed by atoms with Gasteiger partial charge in [-0.3, -0.25) is 9.59 Å². The number of hydrogen-bond donors (Lipinski definition) is 1. The Kier molecular flexibility index (Phi) is 4.46. The summed E-state index contributed by atoms with van der Waals surface area (Å²) in [6, 6.07) is 0.314. The lowest BCUT2D eigenvalue weighted by molar-refractivity contribution is 0.428. The molecule has 0 fully saturated rings. The Morgan fingerprint density at radius 3 is 2.24 bits per heavy atom. The van der Waals surface area contributed by atoms with E-state index in [4.69, 9.17) is 0 Å². The summed E-state index contributed by atoms with van der Waals surface area (Å²) in [5.74, 6) is 0.485. The lowest BCUT2D eigenvalue weighted by Gasteiger charge is -2.29. The zero-order chi connectivity index (χ0) is 13.2. The van der Waals surface area contributed by atoms with Gasteiger partial charge in [0, 0.05) is 25.2 Å². The van der Waals surface area contributed by atoms with Crippen molar-refractivity contribution >= 4 is 5.69 Å². The van der Waals surface area contributed by atoms with Crippen LogP contribution in [0.1, 0.15) is 26.3 Å². The molecule has 96 valence electrons. The topological polar surface area (TPSA) is 49.4 Å². The maximum atomic E-state index is 11.5. The maximum Gasteiger partial charge on any atom is 0.249 e. The van der Waals surface area contributed by atoms with E-state index in [2.05, 4.69) is 19.2 Å². The van der Waals surface area contributed by atoms with Gasteiger partial charge in [0.1, 0.15) is 0 Å². The monoisotopic (exact) mass is 238 g/mol. The molecule has 0 heterocycles. The standard InChI is InChI=1S/C13H22N2O2/c1-6-9-11(13(17)12(9)16)15(5)7-10(14-4)8(2)3/h8,10,14H,6-7H2,1-5H3/t10-/m1/s1. The number of rotatable bonds is 6. The van der Waals surface area contributed by atoms with Crippen molar-refractivity contribution in [3.8, 4) is 0 Å². The minimum absolute atomic E-state index is 0.306. The third kappa shape index (κ3) is 2.57. The second-order valence-electron chi connectivity index (χ2n) is 4.86. The Labute approximate surface area is 102 Å². The summed E-state index contributed by atoms with van der Waals surface area (Å²) in [7, 11) is 3.80. The first-order chi connectivity index (χ1) is 7.93. The predicted octanol–water partition coefficient (Wildman–Crippen LogP) is 0.525. The first-order valence-electron chi connectivity index (χ1n) is 6.14. The molecule has 0 aliphatic carbocycles. The van der Waals surface area contributed by atoms with Crippen LogP contribution in [0.5, 0.6) is 0 Å². The van der Waals surface area contributed by atoms with E-state index in [9.17, 15) is 9.59 Å². The molecule has 0 aromatic heterocycles. The molecular weight excluding hydrogens is 216 g/mol. The van der Waals surface area contributed by atoms with Gasteiger partial charge < -0.3 is 10.2 Å². The van der Waals surface area contributed by atoms with Gasteiger partial charge in [0.15, 0.2) is 0 Å². The minimum Gasteiger partial charge on any atom is -0.369 e. The van der Waals surface area contributed by atoms with Crippen molar-refractivity contribution in [1.82, 2.24) is 5.32 Å². The highest BCUT2D eigenvalue weighted by Gasteiger charge is 2.24. The molecule has 1 rings (SSSR count). The lowest BCUT2D eigenvalue weighted by Crippen LogP contribution is -2.47. The normalized spacial score (nSPS) is 13.3. The van der Waals surface area contributed by atoms with Crippen molar-refractivity contribution in [2.24, 2.45) is 5.92 Å². The molecule has 0 saturated carbocycles. The molecule has 1 aromatic rings. The maximum absolute atomic E-state index is 11.5. The van der Waals surface area contributed by atoms with E-state index in [1.54, 1.807) is 0 Å². The van der Waals surface area contributed by atoms with E-state index in [1.165, 1.54) is 0 Å². The van der Waals surface area contributed by atoms with E-state index in [0.717, 1.165) is 6.54 Å². The Morgan fingerprint density at radius 2 is 1.82 bits per heavy atom. The molecule has 4 nitrogen and oxygen atoms in total. The van der Waals surface area contributed by atoms with Gasteiger partial charge >= 0.3 is 0 Å². The molecule has 0 spiro atoms. The molecule has 0 aliphatic rings. The first-order valence-corrected chi connectivity index (χ1v) is 6.14. The molecular formula is C13H22N2O2. The Bertz CT molecular complexity index is 444. The average molecular weight is 238 g/mol. The quantitative estimate of drug-likeness (QED) is 0.734.